The van der Waals surface area contributed by atoms with Crippen LogP contribution in [0.1, 0.15) is 5.56 Å². The maximum Gasteiger partial charge on any atom is 0.246 e. The largest absolute Gasteiger partial charge is 0.246 e. The molecule has 0 aliphatic heterocycles. The molecule has 2 rings (SSSR count). The van der Waals surface area contributed by atoms with Crippen LogP contribution in [-0.2, 0) is 16.4 Å². The summed E-state index contributed by atoms with van der Waals surface area (Å²) in [5.74, 6) is -11.8. The quantitative estimate of drug-likeness (QED) is 0.512. The van der Waals surface area contributed by atoms with Gasteiger partial charge in [0.15, 0.2) is 28.2 Å². The summed E-state index contributed by atoms with van der Waals surface area (Å²) in [5.41, 5.74) is 0.729. The smallest absolute Gasteiger partial charge is 0.211 e. The Kier molecular flexibility index (Phi) is 5.00. The van der Waals surface area contributed by atoms with Crippen molar-refractivity contribution in [2.24, 2.45) is 0 Å². The van der Waals surface area contributed by atoms with Crippen LogP contribution in [0.25, 0.3) is 0 Å². The molecule has 0 spiro atoms. The molecule has 0 heterocycles. The molecule has 9 heteroatoms. The Morgan fingerprint density at radius 2 is 1.26 bits per heavy atom. The molecule has 0 aliphatic carbocycles. The van der Waals surface area contributed by atoms with E-state index >= 15 is 0 Å². The number of sulfonamides is 1. The molecule has 0 atom stereocenters. The highest BCUT2D eigenvalue weighted by molar-refractivity contribution is 7.89. The Balaban J connectivity index is 2.27. The van der Waals surface area contributed by atoms with Gasteiger partial charge in [-0.05, 0) is 12.0 Å². The summed E-state index contributed by atoms with van der Waals surface area (Å²) in [4.78, 5) is -1.89. The van der Waals surface area contributed by atoms with Crippen LogP contribution in [0.2, 0.25) is 0 Å². The van der Waals surface area contributed by atoms with Crippen LogP contribution in [-0.4, -0.2) is 15.0 Å². The monoisotopic (exact) mass is 351 g/mol. The Bertz CT molecular complexity index is 796. The number of halogens is 5. The number of hydrogen-bond donors (Lipinski definition) is 1. The first-order chi connectivity index (χ1) is 10.8. The van der Waals surface area contributed by atoms with Crippen LogP contribution in [0.15, 0.2) is 35.2 Å². The molecule has 0 aliphatic rings. The first-order valence-electron chi connectivity index (χ1n) is 6.30. The zero-order chi connectivity index (χ0) is 17.2. The third-order valence-corrected chi connectivity index (χ3v) is 4.47. The third-order valence-electron chi connectivity index (χ3n) is 2.99. The van der Waals surface area contributed by atoms with Crippen LogP contribution < -0.4 is 4.72 Å². The van der Waals surface area contributed by atoms with Gasteiger partial charge in [-0.15, -0.1) is 0 Å². The van der Waals surface area contributed by atoms with Crippen molar-refractivity contribution in [3.05, 3.63) is 65.0 Å². The summed E-state index contributed by atoms with van der Waals surface area (Å²) in [7, 11) is -4.90. The van der Waals surface area contributed by atoms with E-state index in [0.29, 0.717) is 0 Å². The summed E-state index contributed by atoms with van der Waals surface area (Å²) in [6.07, 6.45) is 0.176. The molecule has 124 valence electrons. The molecule has 0 saturated carbocycles. The second-order valence-corrected chi connectivity index (χ2v) is 6.24. The second kappa shape index (κ2) is 6.63. The fraction of sp³-hybridized carbons (Fsp3) is 0.143. The molecule has 23 heavy (non-hydrogen) atoms. The van der Waals surface area contributed by atoms with Crippen molar-refractivity contribution in [3.8, 4) is 0 Å². The van der Waals surface area contributed by atoms with Crippen LogP contribution in [0.5, 0.6) is 0 Å². The summed E-state index contributed by atoms with van der Waals surface area (Å²) in [6, 6.07) is 8.52. The van der Waals surface area contributed by atoms with E-state index in [4.69, 9.17) is 0 Å². The average molecular weight is 351 g/mol. The average Bonchev–Trinajstić information content (AvgIpc) is 2.52. The molecule has 1 N–H and O–H groups in total. The van der Waals surface area contributed by atoms with Gasteiger partial charge in [0.25, 0.3) is 0 Å². The van der Waals surface area contributed by atoms with Crippen LogP contribution in [0, 0.1) is 29.1 Å². The molecule has 2 aromatic carbocycles. The van der Waals surface area contributed by atoms with Crippen LogP contribution >= 0.6 is 0 Å². The fourth-order valence-corrected chi connectivity index (χ4v) is 3.03. The van der Waals surface area contributed by atoms with E-state index < -0.39 is 44.0 Å². The molecular weight excluding hydrogens is 341 g/mol. The normalized spacial score (nSPS) is 11.7. The van der Waals surface area contributed by atoms with E-state index in [-0.39, 0.29) is 13.0 Å². The second-order valence-electron chi connectivity index (χ2n) is 4.53. The van der Waals surface area contributed by atoms with E-state index in [0.717, 1.165) is 5.56 Å². The van der Waals surface area contributed by atoms with E-state index in [1.165, 1.54) is 0 Å². The summed E-state index contributed by atoms with van der Waals surface area (Å²) >= 11 is 0. The lowest BCUT2D eigenvalue weighted by Crippen LogP contribution is -2.28. The predicted octanol–water partition coefficient (Wildman–Crippen LogP) is 2.90. The van der Waals surface area contributed by atoms with Crippen molar-refractivity contribution in [1.82, 2.24) is 4.72 Å². The predicted molar refractivity (Wildman–Crippen MR) is 71.6 cm³/mol. The number of hydrogen-bond acceptors (Lipinski definition) is 2. The zero-order valence-electron chi connectivity index (χ0n) is 11.4. The standard InChI is InChI=1S/C14H10F5NO2S/c15-9-10(16)12(18)14(13(19)11(9)17)23(21,22)20-7-6-8-4-2-1-3-5-8/h1-5,20H,6-7H2. The van der Waals surface area contributed by atoms with Gasteiger partial charge in [0.05, 0.1) is 0 Å². The summed E-state index contributed by atoms with van der Waals surface area (Å²) in [6.45, 7) is -0.272. The lowest BCUT2D eigenvalue weighted by molar-refractivity contribution is 0.357. The summed E-state index contributed by atoms with van der Waals surface area (Å²) < 4.78 is 91.5. The Hall–Kier alpha value is -2.00. The summed E-state index contributed by atoms with van der Waals surface area (Å²) in [5, 5.41) is 0. The van der Waals surface area contributed by atoms with Gasteiger partial charge in [0.1, 0.15) is 0 Å². The highest BCUT2D eigenvalue weighted by Crippen LogP contribution is 2.26. The molecule has 2 aromatic rings. The first kappa shape index (κ1) is 17.4. The van der Waals surface area contributed by atoms with Gasteiger partial charge in [0, 0.05) is 6.54 Å². The highest BCUT2D eigenvalue weighted by atomic mass is 32.2. The minimum atomic E-state index is -4.90. The fourth-order valence-electron chi connectivity index (χ4n) is 1.87. The first-order valence-corrected chi connectivity index (χ1v) is 7.79. The van der Waals surface area contributed by atoms with Crippen molar-refractivity contribution in [3.63, 3.8) is 0 Å². The van der Waals surface area contributed by atoms with E-state index in [1.54, 1.807) is 30.3 Å². The van der Waals surface area contributed by atoms with Gasteiger partial charge in [-0.25, -0.2) is 35.1 Å². The Morgan fingerprint density at radius 1 is 0.783 bits per heavy atom. The van der Waals surface area contributed by atoms with Crippen molar-refractivity contribution in [2.45, 2.75) is 11.3 Å². The highest BCUT2D eigenvalue weighted by Gasteiger charge is 2.33. The topological polar surface area (TPSA) is 46.2 Å². The van der Waals surface area contributed by atoms with E-state index in [1.807, 2.05) is 4.72 Å². The molecule has 0 aromatic heterocycles. The number of nitrogens with one attached hydrogen (secondary N) is 1. The van der Waals surface area contributed by atoms with Crippen LogP contribution in [0.3, 0.4) is 0 Å². The maximum absolute atomic E-state index is 13.5. The minimum Gasteiger partial charge on any atom is -0.211 e. The minimum absolute atomic E-state index is 0.176. The number of benzene rings is 2. The van der Waals surface area contributed by atoms with Crippen molar-refractivity contribution in [1.29, 1.82) is 0 Å². The van der Waals surface area contributed by atoms with Gasteiger partial charge < -0.3 is 0 Å². The molecular formula is C14H10F5NO2S. The lowest BCUT2D eigenvalue weighted by atomic mass is 10.2. The molecule has 0 bridgehead atoms. The van der Waals surface area contributed by atoms with Crippen molar-refractivity contribution >= 4 is 10.0 Å². The molecule has 0 amide bonds. The van der Waals surface area contributed by atoms with Gasteiger partial charge in [-0.3, -0.25) is 0 Å². The van der Waals surface area contributed by atoms with E-state index in [2.05, 4.69) is 0 Å². The van der Waals surface area contributed by atoms with Gasteiger partial charge >= 0.3 is 0 Å². The molecule has 0 unspecified atom stereocenters. The van der Waals surface area contributed by atoms with Gasteiger partial charge in [-0.1, -0.05) is 30.3 Å². The molecule has 0 saturated heterocycles. The van der Waals surface area contributed by atoms with Gasteiger partial charge in [0.2, 0.25) is 15.8 Å². The molecule has 0 radical (unpaired) electrons. The Morgan fingerprint density at radius 3 is 1.78 bits per heavy atom. The molecule has 3 nitrogen and oxygen atoms in total. The van der Waals surface area contributed by atoms with Crippen molar-refractivity contribution in [2.75, 3.05) is 6.54 Å². The van der Waals surface area contributed by atoms with Crippen molar-refractivity contribution < 1.29 is 30.4 Å². The third kappa shape index (κ3) is 3.50. The Labute approximate surface area is 128 Å². The molecule has 0 fully saturated rings. The SMILES string of the molecule is O=S(=O)(NCCc1ccccc1)c1c(F)c(F)c(F)c(F)c1F. The number of rotatable bonds is 5. The van der Waals surface area contributed by atoms with E-state index in [9.17, 15) is 30.4 Å². The maximum atomic E-state index is 13.5. The van der Waals surface area contributed by atoms with Gasteiger partial charge in [-0.2, -0.15) is 0 Å². The zero-order valence-corrected chi connectivity index (χ0v) is 12.2. The van der Waals surface area contributed by atoms with Crippen LogP contribution in [0.4, 0.5) is 22.0 Å². The lowest BCUT2D eigenvalue weighted by Gasteiger charge is -2.10.